The summed E-state index contributed by atoms with van der Waals surface area (Å²) < 4.78 is 0. The molecule has 1 atom stereocenters. The van der Waals surface area contributed by atoms with Crippen molar-refractivity contribution < 1.29 is 0 Å². The van der Waals surface area contributed by atoms with Crippen LogP contribution in [0.15, 0.2) is 56.4 Å². The minimum absolute atomic E-state index is 0.106. The number of hydrogen-bond acceptors (Lipinski definition) is 5. The minimum atomic E-state index is -0.106. The maximum absolute atomic E-state index is 4.39. The molecule has 4 nitrogen and oxygen atoms in total. The maximum atomic E-state index is 4.39. The van der Waals surface area contributed by atoms with Crippen LogP contribution in [0.1, 0.15) is 11.1 Å². The second kappa shape index (κ2) is 5.50. The molecule has 0 saturated heterocycles. The molecule has 0 bridgehead atoms. The number of thioether (sulfide) groups is 1. The van der Waals surface area contributed by atoms with E-state index < -0.39 is 0 Å². The summed E-state index contributed by atoms with van der Waals surface area (Å²) in [6.45, 7) is 2.16. The van der Waals surface area contributed by atoms with Gasteiger partial charge in [0.25, 0.3) is 0 Å². The Labute approximate surface area is 132 Å². The van der Waals surface area contributed by atoms with E-state index in [4.69, 9.17) is 0 Å². The van der Waals surface area contributed by atoms with Gasteiger partial charge in [0.05, 0.1) is 0 Å². The first-order valence-electron chi connectivity index (χ1n) is 7.12. The number of benzene rings is 2. The summed E-state index contributed by atoms with van der Waals surface area (Å²) in [4.78, 5) is 17.1. The van der Waals surface area contributed by atoms with Crippen molar-refractivity contribution in [2.24, 2.45) is 20.0 Å². The number of rotatable bonds is 2. The monoisotopic (exact) mass is 306 g/mol. The van der Waals surface area contributed by atoms with Crippen LogP contribution in [-0.2, 0) is 5.75 Å². The van der Waals surface area contributed by atoms with Crippen molar-refractivity contribution >= 4 is 46.1 Å². The van der Waals surface area contributed by atoms with Crippen LogP contribution in [0.2, 0.25) is 0 Å². The summed E-state index contributed by atoms with van der Waals surface area (Å²) >= 11 is 1.72. The zero-order valence-electron chi connectivity index (χ0n) is 12.1. The number of amidine groups is 1. The highest BCUT2D eigenvalue weighted by Gasteiger charge is 2.26. The average molecular weight is 306 g/mol. The van der Waals surface area contributed by atoms with E-state index in [-0.39, 0.29) is 6.04 Å². The molecule has 5 heteroatoms. The van der Waals surface area contributed by atoms with E-state index in [0.717, 1.165) is 16.6 Å². The van der Waals surface area contributed by atoms with Gasteiger partial charge in [0.2, 0.25) is 0 Å². The molecule has 108 valence electrons. The molecule has 1 unspecified atom stereocenters. The first-order valence-corrected chi connectivity index (χ1v) is 8.11. The van der Waals surface area contributed by atoms with Crippen molar-refractivity contribution in [2.75, 3.05) is 0 Å². The fraction of sp³-hybridized carbons (Fsp3) is 0.176. The molecule has 0 aromatic heterocycles. The Morgan fingerprint density at radius 2 is 1.95 bits per heavy atom. The van der Waals surface area contributed by atoms with Crippen LogP contribution in [0.4, 0.5) is 0 Å². The quantitative estimate of drug-likeness (QED) is 0.835. The van der Waals surface area contributed by atoms with E-state index in [1.807, 2.05) is 0 Å². The Bertz CT molecular complexity index is 864. The number of fused-ring (bicyclic) bond motifs is 2. The average Bonchev–Trinajstić information content (AvgIpc) is 3.03. The summed E-state index contributed by atoms with van der Waals surface area (Å²) in [5.74, 6) is 1.62. The molecular formula is C17H14N4S. The van der Waals surface area contributed by atoms with Crippen molar-refractivity contribution in [3.8, 4) is 0 Å². The predicted octanol–water partition coefficient (Wildman–Crippen LogP) is 3.63. The molecule has 0 N–H and O–H groups in total. The second-order valence-corrected chi connectivity index (χ2v) is 6.23. The van der Waals surface area contributed by atoms with Gasteiger partial charge in [0.15, 0.2) is 11.9 Å². The van der Waals surface area contributed by atoms with Crippen molar-refractivity contribution in [2.45, 2.75) is 18.7 Å². The molecule has 0 saturated carbocycles. The lowest BCUT2D eigenvalue weighted by molar-refractivity contribution is 1.16. The van der Waals surface area contributed by atoms with Gasteiger partial charge in [-0.3, -0.25) is 4.99 Å². The van der Waals surface area contributed by atoms with Crippen LogP contribution in [0.5, 0.6) is 0 Å². The van der Waals surface area contributed by atoms with Crippen molar-refractivity contribution in [3.05, 3.63) is 47.5 Å². The van der Waals surface area contributed by atoms with E-state index in [9.17, 15) is 0 Å². The number of aliphatic imine (C=N–C) groups is 4. The third-order valence-electron chi connectivity index (χ3n) is 3.90. The molecule has 0 fully saturated rings. The van der Waals surface area contributed by atoms with Crippen LogP contribution in [0.3, 0.4) is 0 Å². The Kier molecular flexibility index (Phi) is 3.35. The first kappa shape index (κ1) is 13.4. The molecule has 22 heavy (non-hydrogen) atoms. The number of aryl methyl sites for hydroxylation is 1. The summed E-state index contributed by atoms with van der Waals surface area (Å²) in [6, 6.07) is 12.8. The van der Waals surface area contributed by atoms with Gasteiger partial charge in [-0.15, -0.1) is 11.8 Å². The summed E-state index contributed by atoms with van der Waals surface area (Å²) in [6.07, 6.45) is 3.14. The van der Waals surface area contributed by atoms with Crippen molar-refractivity contribution in [1.82, 2.24) is 0 Å². The Morgan fingerprint density at radius 1 is 1.05 bits per heavy atom. The van der Waals surface area contributed by atoms with Crippen LogP contribution < -0.4 is 0 Å². The van der Waals surface area contributed by atoms with Gasteiger partial charge < -0.3 is 0 Å². The Balaban J connectivity index is 1.64. The normalized spacial score (nSPS) is 19.2. The fourth-order valence-corrected chi connectivity index (χ4v) is 3.81. The molecule has 0 aliphatic carbocycles. The molecule has 2 heterocycles. The standard InChI is InChI=1S/C17H14N4S/c1-11-6-7-12-4-2-3-5-13(12)14(11)8-22-17-15-16(19-9-18-15)20-10-21-17/h2-7,9-10,15H,8H2,1H3. The minimum Gasteiger partial charge on any atom is -0.255 e. The van der Waals surface area contributed by atoms with Gasteiger partial charge in [0.1, 0.15) is 17.7 Å². The van der Waals surface area contributed by atoms with Gasteiger partial charge in [-0.05, 0) is 28.8 Å². The second-order valence-electron chi connectivity index (χ2n) is 5.24. The zero-order valence-corrected chi connectivity index (χ0v) is 12.9. The Morgan fingerprint density at radius 3 is 2.91 bits per heavy atom. The van der Waals surface area contributed by atoms with Gasteiger partial charge in [0, 0.05) is 5.75 Å². The van der Waals surface area contributed by atoms with E-state index in [1.165, 1.54) is 21.9 Å². The lowest BCUT2D eigenvalue weighted by atomic mass is 10.0. The van der Waals surface area contributed by atoms with Crippen LogP contribution in [0.25, 0.3) is 10.8 Å². The summed E-state index contributed by atoms with van der Waals surface area (Å²) in [7, 11) is 0. The molecule has 4 rings (SSSR count). The largest absolute Gasteiger partial charge is 0.255 e. The SMILES string of the molecule is Cc1ccc2ccccc2c1CSC1=NC=NC2=NC=NC21. The van der Waals surface area contributed by atoms with Gasteiger partial charge in [-0.1, -0.05) is 36.4 Å². The molecule has 0 radical (unpaired) electrons. The van der Waals surface area contributed by atoms with Crippen molar-refractivity contribution in [3.63, 3.8) is 0 Å². The number of nitrogens with zero attached hydrogens (tertiary/aromatic N) is 4. The van der Waals surface area contributed by atoms with Gasteiger partial charge in [-0.2, -0.15) is 0 Å². The smallest absolute Gasteiger partial charge is 0.163 e. The predicted molar refractivity (Wildman–Crippen MR) is 95.6 cm³/mol. The highest BCUT2D eigenvalue weighted by Crippen LogP contribution is 2.28. The Hall–Kier alpha value is -2.27. The molecule has 0 spiro atoms. The third kappa shape index (κ3) is 2.27. The summed E-state index contributed by atoms with van der Waals surface area (Å²) in [5, 5.41) is 3.55. The van der Waals surface area contributed by atoms with Gasteiger partial charge in [-0.25, -0.2) is 15.0 Å². The van der Waals surface area contributed by atoms with Crippen LogP contribution in [0, 0.1) is 6.92 Å². The molecule has 0 amide bonds. The number of hydrogen-bond donors (Lipinski definition) is 0. The zero-order chi connectivity index (χ0) is 14.9. The van der Waals surface area contributed by atoms with E-state index >= 15 is 0 Å². The lowest BCUT2D eigenvalue weighted by Gasteiger charge is -2.15. The molecule has 2 aromatic rings. The first-order chi connectivity index (χ1) is 10.8. The molecular weight excluding hydrogens is 292 g/mol. The topological polar surface area (TPSA) is 49.4 Å². The van der Waals surface area contributed by atoms with E-state index in [1.54, 1.807) is 24.4 Å². The summed E-state index contributed by atoms with van der Waals surface area (Å²) in [5.41, 5.74) is 2.66. The highest BCUT2D eigenvalue weighted by molar-refractivity contribution is 8.13. The third-order valence-corrected chi connectivity index (χ3v) is 4.96. The van der Waals surface area contributed by atoms with Gasteiger partial charge >= 0.3 is 0 Å². The van der Waals surface area contributed by atoms with E-state index in [2.05, 4.69) is 63.3 Å². The molecule has 2 aliphatic rings. The highest BCUT2D eigenvalue weighted by atomic mass is 32.2. The van der Waals surface area contributed by atoms with Crippen LogP contribution in [-0.4, -0.2) is 29.6 Å². The van der Waals surface area contributed by atoms with Crippen LogP contribution >= 0.6 is 11.8 Å². The fourth-order valence-electron chi connectivity index (χ4n) is 2.69. The molecule has 2 aliphatic heterocycles. The molecule has 2 aromatic carbocycles. The van der Waals surface area contributed by atoms with E-state index in [0.29, 0.717) is 0 Å². The lowest BCUT2D eigenvalue weighted by Crippen LogP contribution is -2.25. The van der Waals surface area contributed by atoms with Crippen molar-refractivity contribution in [1.29, 1.82) is 0 Å². The maximum Gasteiger partial charge on any atom is 0.163 e.